The van der Waals surface area contributed by atoms with E-state index in [9.17, 15) is 9.59 Å². The second kappa shape index (κ2) is 9.58. The first-order chi connectivity index (χ1) is 9.27. The number of likely N-dealkylation sites (N-methyl/N-ethyl adjacent to an activating group) is 1. The Morgan fingerprint density at radius 1 is 1.05 bits per heavy atom. The zero-order valence-corrected chi connectivity index (χ0v) is 13.4. The highest BCUT2D eigenvalue weighted by molar-refractivity contribution is 5.75. The first kappa shape index (κ1) is 18.7. The third-order valence-electron chi connectivity index (χ3n) is 2.92. The monoisotopic (exact) mass is 287 g/mol. The maximum Gasteiger partial charge on any atom is 0.320 e. The number of hydrogen-bond acceptors (Lipinski definition) is 3. The maximum absolute atomic E-state index is 12.5. The van der Waals surface area contributed by atoms with Crippen molar-refractivity contribution in [3.8, 4) is 0 Å². The van der Waals surface area contributed by atoms with Crippen LogP contribution in [0.3, 0.4) is 0 Å². The lowest BCUT2D eigenvalue weighted by atomic mass is 10.2. The van der Waals surface area contributed by atoms with Gasteiger partial charge in [-0.05, 0) is 26.9 Å². The molecule has 0 radical (unpaired) electrons. The zero-order valence-electron chi connectivity index (χ0n) is 13.4. The molecule has 0 fully saturated rings. The molecule has 0 saturated heterocycles. The molecule has 0 rings (SSSR count). The lowest BCUT2D eigenvalue weighted by Gasteiger charge is -2.31. The van der Waals surface area contributed by atoms with Gasteiger partial charge in [0.1, 0.15) is 0 Å². The molecule has 0 aromatic carbocycles. The van der Waals surface area contributed by atoms with Crippen LogP contribution in [0.15, 0.2) is 0 Å². The number of carboxylic acid groups (broad SMARTS) is 1. The molecule has 0 aliphatic rings. The van der Waals surface area contributed by atoms with Gasteiger partial charge in [-0.2, -0.15) is 0 Å². The summed E-state index contributed by atoms with van der Waals surface area (Å²) in [7, 11) is 3.94. The molecule has 0 aliphatic carbocycles. The molecule has 1 N–H and O–H groups in total. The fourth-order valence-electron chi connectivity index (χ4n) is 1.85. The van der Waals surface area contributed by atoms with E-state index in [2.05, 4.69) is 13.8 Å². The molecule has 2 amide bonds. The molecule has 0 saturated carbocycles. The normalized spacial score (nSPS) is 10.9. The van der Waals surface area contributed by atoms with Gasteiger partial charge in [0.25, 0.3) is 0 Å². The van der Waals surface area contributed by atoms with E-state index < -0.39 is 5.97 Å². The van der Waals surface area contributed by atoms with Crippen LogP contribution in [0, 0.1) is 5.92 Å². The Labute approximate surface area is 122 Å². The van der Waals surface area contributed by atoms with Crippen molar-refractivity contribution in [2.75, 3.05) is 46.8 Å². The zero-order chi connectivity index (χ0) is 15.7. The summed E-state index contributed by atoms with van der Waals surface area (Å²) in [6.45, 7) is 8.97. The number of urea groups is 1. The van der Waals surface area contributed by atoms with Gasteiger partial charge in [-0.1, -0.05) is 13.8 Å². The Morgan fingerprint density at radius 3 is 2.05 bits per heavy atom. The number of hydrogen-bond donors (Lipinski definition) is 1. The number of carbonyl (C=O) groups is 2. The Kier molecular flexibility index (Phi) is 8.96. The maximum atomic E-state index is 12.5. The molecule has 0 bridgehead atoms. The van der Waals surface area contributed by atoms with E-state index in [4.69, 9.17) is 5.11 Å². The van der Waals surface area contributed by atoms with Crippen molar-refractivity contribution in [3.05, 3.63) is 0 Å². The standard InChI is InChI=1S/C14H29N3O3/c1-6-16(8-7-13(18)19)14(20)17(11-12(2)3)10-9-15(4)5/h12H,6-11H2,1-5H3,(H,18,19). The summed E-state index contributed by atoms with van der Waals surface area (Å²) in [6, 6.07) is -0.0655. The Morgan fingerprint density at radius 2 is 1.65 bits per heavy atom. The summed E-state index contributed by atoms with van der Waals surface area (Å²) < 4.78 is 0. The van der Waals surface area contributed by atoms with Gasteiger partial charge in [0.15, 0.2) is 0 Å². The summed E-state index contributed by atoms with van der Waals surface area (Å²) in [6.07, 6.45) is -0.0111. The van der Waals surface area contributed by atoms with Gasteiger partial charge in [0.2, 0.25) is 0 Å². The second-order valence-corrected chi connectivity index (χ2v) is 5.65. The fourth-order valence-corrected chi connectivity index (χ4v) is 1.85. The Balaban J connectivity index is 4.65. The smallest absolute Gasteiger partial charge is 0.320 e. The van der Waals surface area contributed by atoms with Crippen LogP contribution >= 0.6 is 0 Å². The minimum atomic E-state index is -0.875. The van der Waals surface area contributed by atoms with E-state index in [0.29, 0.717) is 25.6 Å². The summed E-state index contributed by atoms with van der Waals surface area (Å²) in [5.74, 6) is -0.487. The summed E-state index contributed by atoms with van der Waals surface area (Å²) in [5.41, 5.74) is 0. The molecule has 0 heterocycles. The van der Waals surface area contributed by atoms with E-state index in [0.717, 1.165) is 6.54 Å². The van der Waals surface area contributed by atoms with E-state index in [-0.39, 0.29) is 19.0 Å². The molecular weight excluding hydrogens is 258 g/mol. The van der Waals surface area contributed by atoms with Crippen LogP contribution in [0.25, 0.3) is 0 Å². The third kappa shape index (κ3) is 7.99. The number of amides is 2. The second-order valence-electron chi connectivity index (χ2n) is 5.65. The Bertz CT molecular complexity index is 306. The molecule has 0 unspecified atom stereocenters. The minimum Gasteiger partial charge on any atom is -0.481 e. The molecule has 0 aliphatic heterocycles. The first-order valence-electron chi connectivity index (χ1n) is 7.18. The summed E-state index contributed by atoms with van der Waals surface area (Å²) >= 11 is 0. The average molecular weight is 287 g/mol. The average Bonchev–Trinajstić information content (AvgIpc) is 2.33. The van der Waals surface area contributed by atoms with Gasteiger partial charge in [-0.3, -0.25) is 4.79 Å². The highest BCUT2D eigenvalue weighted by Gasteiger charge is 2.21. The number of nitrogens with zero attached hydrogens (tertiary/aromatic N) is 3. The molecule has 0 aromatic rings. The van der Waals surface area contributed by atoms with Gasteiger partial charge >= 0.3 is 12.0 Å². The van der Waals surface area contributed by atoms with Crippen LogP contribution in [0.5, 0.6) is 0 Å². The minimum absolute atomic E-state index is 0.0111. The number of carboxylic acids is 1. The van der Waals surface area contributed by atoms with Crippen molar-refractivity contribution < 1.29 is 14.7 Å². The predicted octanol–water partition coefficient (Wildman–Crippen LogP) is 1.42. The molecule has 0 spiro atoms. The molecule has 0 atom stereocenters. The van der Waals surface area contributed by atoms with Gasteiger partial charge in [0.05, 0.1) is 6.42 Å². The van der Waals surface area contributed by atoms with Gasteiger partial charge in [-0.15, -0.1) is 0 Å². The molecule has 0 aromatic heterocycles. The largest absolute Gasteiger partial charge is 0.481 e. The van der Waals surface area contributed by atoms with Crippen molar-refractivity contribution in [2.24, 2.45) is 5.92 Å². The molecule has 6 nitrogen and oxygen atoms in total. The van der Waals surface area contributed by atoms with E-state index in [1.807, 2.05) is 30.8 Å². The quantitative estimate of drug-likeness (QED) is 0.696. The summed E-state index contributed by atoms with van der Waals surface area (Å²) in [5, 5.41) is 8.74. The van der Waals surface area contributed by atoms with Crippen LogP contribution in [-0.2, 0) is 4.79 Å². The van der Waals surface area contributed by atoms with Crippen molar-refractivity contribution in [1.82, 2.24) is 14.7 Å². The van der Waals surface area contributed by atoms with Gasteiger partial charge in [-0.25, -0.2) is 4.79 Å². The van der Waals surface area contributed by atoms with Crippen LogP contribution in [0.2, 0.25) is 0 Å². The lowest BCUT2D eigenvalue weighted by Crippen LogP contribution is -2.47. The Hall–Kier alpha value is -1.30. The van der Waals surface area contributed by atoms with Crippen LogP contribution in [0.1, 0.15) is 27.2 Å². The SMILES string of the molecule is CCN(CCC(=O)O)C(=O)N(CCN(C)C)CC(C)C. The van der Waals surface area contributed by atoms with Crippen molar-refractivity contribution in [3.63, 3.8) is 0 Å². The first-order valence-corrected chi connectivity index (χ1v) is 7.18. The molecular formula is C14H29N3O3. The van der Waals surface area contributed by atoms with Crippen LogP contribution < -0.4 is 0 Å². The predicted molar refractivity (Wildman–Crippen MR) is 79.9 cm³/mol. The number of carbonyl (C=O) groups excluding carboxylic acids is 1. The highest BCUT2D eigenvalue weighted by atomic mass is 16.4. The van der Waals surface area contributed by atoms with Gasteiger partial charge in [0, 0.05) is 32.7 Å². The third-order valence-corrected chi connectivity index (χ3v) is 2.92. The van der Waals surface area contributed by atoms with Crippen molar-refractivity contribution in [2.45, 2.75) is 27.2 Å². The van der Waals surface area contributed by atoms with E-state index in [1.54, 1.807) is 4.90 Å². The lowest BCUT2D eigenvalue weighted by molar-refractivity contribution is -0.137. The highest BCUT2D eigenvalue weighted by Crippen LogP contribution is 2.05. The molecule has 118 valence electrons. The van der Waals surface area contributed by atoms with E-state index in [1.165, 1.54) is 0 Å². The van der Waals surface area contributed by atoms with Crippen molar-refractivity contribution in [1.29, 1.82) is 0 Å². The van der Waals surface area contributed by atoms with Gasteiger partial charge < -0.3 is 19.8 Å². The molecule has 20 heavy (non-hydrogen) atoms. The summed E-state index contributed by atoms with van der Waals surface area (Å²) in [4.78, 5) is 28.6. The number of rotatable bonds is 9. The van der Waals surface area contributed by atoms with Crippen molar-refractivity contribution >= 4 is 12.0 Å². The number of aliphatic carboxylic acids is 1. The van der Waals surface area contributed by atoms with Crippen LogP contribution in [0.4, 0.5) is 4.79 Å². The van der Waals surface area contributed by atoms with E-state index >= 15 is 0 Å². The molecule has 6 heteroatoms. The topological polar surface area (TPSA) is 64.1 Å². The van der Waals surface area contributed by atoms with Crippen LogP contribution in [-0.4, -0.2) is 78.6 Å². The fraction of sp³-hybridized carbons (Fsp3) is 0.857.